The fourth-order valence-electron chi connectivity index (χ4n) is 2.28. The number of fused-ring (bicyclic) bond motifs is 1. The summed E-state index contributed by atoms with van der Waals surface area (Å²) >= 11 is 11.9. The summed E-state index contributed by atoms with van der Waals surface area (Å²) in [5.41, 5.74) is 1.53. The van der Waals surface area contributed by atoms with Gasteiger partial charge in [0.1, 0.15) is 11.3 Å². The summed E-state index contributed by atoms with van der Waals surface area (Å²) in [6.07, 6.45) is -0.853. The van der Waals surface area contributed by atoms with Gasteiger partial charge in [0.2, 0.25) is 5.91 Å². The van der Waals surface area contributed by atoms with Gasteiger partial charge in [0, 0.05) is 23.7 Å². The molecule has 2 amide bonds. The van der Waals surface area contributed by atoms with Gasteiger partial charge in [-0.25, -0.2) is 0 Å². The summed E-state index contributed by atoms with van der Waals surface area (Å²) in [4.78, 5) is 27.6. The monoisotopic (exact) mass is 407 g/mol. The number of rotatable bonds is 5. The topological polar surface area (TPSA) is 93.5 Å². The van der Waals surface area contributed by atoms with Gasteiger partial charge in [-0.05, 0) is 37.3 Å². The molecule has 2 N–H and O–H groups in total. The Hall–Kier alpha value is -2.77. The number of halogens is 2. The van der Waals surface area contributed by atoms with Gasteiger partial charge in [-0.2, -0.15) is 4.98 Å². The number of hydrogen-bond donors (Lipinski definition) is 2. The first-order chi connectivity index (χ1) is 12.8. The van der Waals surface area contributed by atoms with E-state index in [9.17, 15) is 9.59 Å². The number of benzene rings is 2. The maximum Gasteiger partial charge on any atom is 0.302 e. The van der Waals surface area contributed by atoms with E-state index in [1.165, 1.54) is 13.0 Å². The second kappa shape index (κ2) is 7.85. The molecule has 3 rings (SSSR count). The molecular weight excluding hydrogens is 393 g/mol. The van der Waals surface area contributed by atoms with Crippen LogP contribution in [-0.2, 0) is 9.59 Å². The van der Waals surface area contributed by atoms with Crippen LogP contribution < -0.4 is 15.4 Å². The first kappa shape index (κ1) is 19.0. The van der Waals surface area contributed by atoms with Gasteiger partial charge in [-0.1, -0.05) is 23.2 Å². The van der Waals surface area contributed by atoms with Crippen LogP contribution in [0.3, 0.4) is 0 Å². The molecule has 0 aliphatic rings. The zero-order chi connectivity index (χ0) is 19.6. The Kier molecular flexibility index (Phi) is 5.53. The summed E-state index contributed by atoms with van der Waals surface area (Å²) in [7, 11) is 0. The molecule has 0 unspecified atom stereocenters. The Bertz CT molecular complexity index is 1020. The highest BCUT2D eigenvalue weighted by Gasteiger charge is 2.19. The second-order valence-corrected chi connectivity index (χ2v) is 6.55. The number of anilines is 2. The number of hydrogen-bond acceptors (Lipinski definition) is 5. The fraction of sp³-hybridized carbons (Fsp3) is 0.167. The first-order valence-corrected chi connectivity index (χ1v) is 8.68. The lowest BCUT2D eigenvalue weighted by atomic mass is 10.3. The fourth-order valence-corrected chi connectivity index (χ4v) is 2.73. The van der Waals surface area contributed by atoms with Crippen LogP contribution in [-0.4, -0.2) is 22.9 Å². The van der Waals surface area contributed by atoms with Crippen LogP contribution >= 0.6 is 23.2 Å². The quantitative estimate of drug-likeness (QED) is 0.649. The smallest absolute Gasteiger partial charge is 0.302 e. The van der Waals surface area contributed by atoms with E-state index in [1.54, 1.807) is 37.3 Å². The van der Waals surface area contributed by atoms with E-state index in [-0.39, 0.29) is 11.9 Å². The van der Waals surface area contributed by atoms with Crippen LogP contribution in [0.15, 0.2) is 40.8 Å². The molecule has 0 bridgehead atoms. The second-order valence-electron chi connectivity index (χ2n) is 5.71. The molecular formula is C18H15Cl2N3O4. The van der Waals surface area contributed by atoms with Crippen molar-refractivity contribution in [1.29, 1.82) is 0 Å². The van der Waals surface area contributed by atoms with Gasteiger partial charge in [0.15, 0.2) is 11.7 Å². The third-order valence-corrected chi connectivity index (χ3v) is 4.04. The summed E-state index contributed by atoms with van der Waals surface area (Å²) in [5.74, 6) is -0.329. The molecule has 0 fully saturated rings. The average molecular weight is 408 g/mol. The number of carbonyl (C=O) groups excluding carboxylic acids is 2. The number of ether oxygens (including phenoxy) is 1. The standard InChI is InChI=1S/C18H15Cl2N3O4/c1-9(26-15-6-3-11(19)7-13(15)20)17(25)23-18-22-14-5-4-12(21-10(2)24)8-16(14)27-18/h3-9H,1-2H3,(H,21,24)(H,22,23,25)/t9-/m0/s1. The molecule has 1 heterocycles. The number of nitrogens with zero attached hydrogens (tertiary/aromatic N) is 1. The Balaban J connectivity index is 1.70. The van der Waals surface area contributed by atoms with Crippen LogP contribution in [0, 0.1) is 0 Å². The van der Waals surface area contributed by atoms with Crippen LogP contribution in [0.5, 0.6) is 5.75 Å². The molecule has 0 aliphatic carbocycles. The van der Waals surface area contributed by atoms with E-state index in [2.05, 4.69) is 15.6 Å². The zero-order valence-electron chi connectivity index (χ0n) is 14.4. The van der Waals surface area contributed by atoms with Crippen molar-refractivity contribution in [3.05, 3.63) is 46.4 Å². The van der Waals surface area contributed by atoms with E-state index < -0.39 is 12.0 Å². The molecule has 1 aromatic heterocycles. The van der Waals surface area contributed by atoms with Crippen molar-refractivity contribution in [3.63, 3.8) is 0 Å². The minimum atomic E-state index is -0.853. The van der Waals surface area contributed by atoms with E-state index >= 15 is 0 Å². The molecule has 140 valence electrons. The SMILES string of the molecule is CC(=O)Nc1ccc2nc(NC(=O)[C@H](C)Oc3ccc(Cl)cc3Cl)oc2c1. The summed E-state index contributed by atoms with van der Waals surface area (Å²) in [6, 6.07) is 9.72. The zero-order valence-corrected chi connectivity index (χ0v) is 15.9. The summed E-state index contributed by atoms with van der Waals surface area (Å²) in [6.45, 7) is 2.97. The Morgan fingerprint density at radius 3 is 2.63 bits per heavy atom. The van der Waals surface area contributed by atoms with Gasteiger partial charge >= 0.3 is 6.01 Å². The number of nitrogens with one attached hydrogen (secondary N) is 2. The van der Waals surface area contributed by atoms with Gasteiger partial charge < -0.3 is 14.5 Å². The number of oxazole rings is 1. The van der Waals surface area contributed by atoms with Crippen molar-refractivity contribution in [2.45, 2.75) is 20.0 Å². The molecule has 2 aromatic carbocycles. The molecule has 0 radical (unpaired) electrons. The first-order valence-electron chi connectivity index (χ1n) is 7.92. The van der Waals surface area contributed by atoms with Crippen molar-refractivity contribution in [2.75, 3.05) is 10.6 Å². The molecule has 7 nitrogen and oxygen atoms in total. The minimum Gasteiger partial charge on any atom is -0.479 e. The predicted molar refractivity (Wildman–Crippen MR) is 103 cm³/mol. The molecule has 9 heteroatoms. The Morgan fingerprint density at radius 1 is 1.15 bits per heavy atom. The van der Waals surface area contributed by atoms with Gasteiger partial charge in [-0.15, -0.1) is 0 Å². The number of carbonyl (C=O) groups is 2. The van der Waals surface area contributed by atoms with E-state index in [0.717, 1.165) is 0 Å². The van der Waals surface area contributed by atoms with Crippen LogP contribution in [0.1, 0.15) is 13.8 Å². The molecule has 27 heavy (non-hydrogen) atoms. The molecule has 1 atom stereocenters. The van der Waals surface area contributed by atoms with Crippen LogP contribution in [0.25, 0.3) is 11.1 Å². The van der Waals surface area contributed by atoms with Crippen LogP contribution in [0.4, 0.5) is 11.7 Å². The number of aromatic nitrogens is 1. The molecule has 0 saturated carbocycles. The average Bonchev–Trinajstić information content (AvgIpc) is 2.98. The summed E-state index contributed by atoms with van der Waals surface area (Å²) in [5, 5.41) is 5.96. The molecule has 0 saturated heterocycles. The Labute approximate surface area is 164 Å². The third-order valence-electron chi connectivity index (χ3n) is 3.51. The highest BCUT2D eigenvalue weighted by molar-refractivity contribution is 6.35. The maximum atomic E-state index is 12.3. The highest BCUT2D eigenvalue weighted by Crippen LogP contribution is 2.28. The minimum absolute atomic E-state index is 0.0210. The van der Waals surface area contributed by atoms with Crippen molar-refractivity contribution < 1.29 is 18.7 Å². The third kappa shape index (κ3) is 4.69. The predicted octanol–water partition coefficient (Wildman–Crippen LogP) is 4.50. The van der Waals surface area contributed by atoms with Gasteiger partial charge in [0.05, 0.1) is 5.02 Å². The molecule has 0 aliphatic heterocycles. The van der Waals surface area contributed by atoms with Gasteiger partial charge in [0.25, 0.3) is 5.91 Å². The number of amides is 2. The lowest BCUT2D eigenvalue weighted by molar-refractivity contribution is -0.122. The molecule has 0 spiro atoms. The van der Waals surface area contributed by atoms with Crippen molar-refractivity contribution in [2.24, 2.45) is 0 Å². The lowest BCUT2D eigenvalue weighted by Gasteiger charge is -2.14. The molecule has 3 aromatic rings. The van der Waals surface area contributed by atoms with Crippen molar-refractivity contribution in [3.8, 4) is 5.75 Å². The Morgan fingerprint density at radius 2 is 1.93 bits per heavy atom. The van der Waals surface area contributed by atoms with E-state index in [4.69, 9.17) is 32.4 Å². The maximum absolute atomic E-state index is 12.3. The van der Waals surface area contributed by atoms with Crippen LogP contribution in [0.2, 0.25) is 10.0 Å². The summed E-state index contributed by atoms with van der Waals surface area (Å²) < 4.78 is 11.1. The van der Waals surface area contributed by atoms with E-state index in [0.29, 0.717) is 32.6 Å². The normalized spacial score (nSPS) is 11.9. The van der Waals surface area contributed by atoms with E-state index in [1.807, 2.05) is 0 Å². The van der Waals surface area contributed by atoms with Crippen molar-refractivity contribution >= 4 is 57.8 Å². The van der Waals surface area contributed by atoms with Gasteiger partial charge in [-0.3, -0.25) is 14.9 Å². The van der Waals surface area contributed by atoms with Crippen molar-refractivity contribution in [1.82, 2.24) is 4.98 Å². The largest absolute Gasteiger partial charge is 0.479 e. The highest BCUT2D eigenvalue weighted by atomic mass is 35.5. The lowest BCUT2D eigenvalue weighted by Crippen LogP contribution is -2.30.